The molecule has 2 aromatic rings. The lowest BCUT2D eigenvalue weighted by molar-refractivity contribution is -0.126. The summed E-state index contributed by atoms with van der Waals surface area (Å²) < 4.78 is 5.87. The molecule has 2 N–H and O–H groups in total. The molecule has 5 heteroatoms. The lowest BCUT2D eigenvalue weighted by Crippen LogP contribution is -2.43. The number of hydrogen-bond donors (Lipinski definition) is 1. The van der Waals surface area contributed by atoms with Crippen LogP contribution in [0.15, 0.2) is 48.5 Å². The van der Waals surface area contributed by atoms with Gasteiger partial charge in [-0.05, 0) is 18.2 Å². The molecule has 108 valence electrons. The summed E-state index contributed by atoms with van der Waals surface area (Å²) in [4.78, 5) is 14.3. The highest BCUT2D eigenvalue weighted by Crippen LogP contribution is 2.40. The molecule has 0 bridgehead atoms. The highest BCUT2D eigenvalue weighted by molar-refractivity contribution is 6.31. The Bertz CT molecular complexity index is 661. The van der Waals surface area contributed by atoms with Gasteiger partial charge < -0.3 is 15.4 Å². The fourth-order valence-electron chi connectivity index (χ4n) is 2.44. The van der Waals surface area contributed by atoms with Gasteiger partial charge in [0.25, 0.3) is 5.91 Å². The average molecular weight is 303 g/mol. The summed E-state index contributed by atoms with van der Waals surface area (Å²) in [5.41, 5.74) is 7.13. The molecule has 21 heavy (non-hydrogen) atoms. The second-order valence-electron chi connectivity index (χ2n) is 4.80. The molecule has 0 saturated carbocycles. The smallest absolute Gasteiger partial charge is 0.272 e. The predicted octanol–water partition coefficient (Wildman–Crippen LogP) is 2.77. The van der Waals surface area contributed by atoms with Crippen molar-refractivity contribution in [2.45, 2.75) is 6.10 Å². The predicted molar refractivity (Wildman–Crippen MR) is 82.7 cm³/mol. The molecule has 1 aliphatic rings. The second kappa shape index (κ2) is 5.76. The van der Waals surface area contributed by atoms with Gasteiger partial charge in [0.1, 0.15) is 5.75 Å². The Hall–Kier alpha value is -2.04. The lowest BCUT2D eigenvalue weighted by atomic mass is 10.1. The summed E-state index contributed by atoms with van der Waals surface area (Å²) in [5.74, 6) is 0.516. The molecule has 2 aromatic carbocycles. The first-order valence-electron chi connectivity index (χ1n) is 6.73. The van der Waals surface area contributed by atoms with Crippen LogP contribution < -0.4 is 15.4 Å². The zero-order valence-corrected chi connectivity index (χ0v) is 12.1. The van der Waals surface area contributed by atoms with Crippen LogP contribution in [0, 0.1) is 0 Å². The first-order valence-corrected chi connectivity index (χ1v) is 7.11. The number of anilines is 1. The van der Waals surface area contributed by atoms with Crippen LogP contribution in [0.5, 0.6) is 5.75 Å². The first-order chi connectivity index (χ1) is 10.2. The van der Waals surface area contributed by atoms with E-state index in [4.69, 9.17) is 22.1 Å². The van der Waals surface area contributed by atoms with Crippen molar-refractivity contribution in [3.63, 3.8) is 0 Å². The van der Waals surface area contributed by atoms with Gasteiger partial charge in [0.2, 0.25) is 6.10 Å². The number of hydrogen-bond acceptors (Lipinski definition) is 3. The second-order valence-corrected chi connectivity index (χ2v) is 5.24. The quantitative estimate of drug-likeness (QED) is 0.948. The van der Waals surface area contributed by atoms with Gasteiger partial charge in [-0.2, -0.15) is 0 Å². The Kier molecular flexibility index (Phi) is 3.82. The highest BCUT2D eigenvalue weighted by atomic mass is 35.5. The summed E-state index contributed by atoms with van der Waals surface area (Å²) in [7, 11) is 0. The Morgan fingerprint density at radius 2 is 1.95 bits per heavy atom. The van der Waals surface area contributed by atoms with Crippen molar-refractivity contribution in [1.82, 2.24) is 0 Å². The Morgan fingerprint density at radius 3 is 2.67 bits per heavy atom. The minimum absolute atomic E-state index is 0.124. The summed E-state index contributed by atoms with van der Waals surface area (Å²) in [6.45, 7) is 0.804. The van der Waals surface area contributed by atoms with Crippen LogP contribution in [0.1, 0.15) is 11.7 Å². The Balaban J connectivity index is 2.04. The molecule has 0 fully saturated rings. The first kappa shape index (κ1) is 13.9. The maximum Gasteiger partial charge on any atom is 0.272 e. The van der Waals surface area contributed by atoms with E-state index in [0.717, 1.165) is 5.56 Å². The van der Waals surface area contributed by atoms with Crippen molar-refractivity contribution in [1.29, 1.82) is 0 Å². The molecule has 1 unspecified atom stereocenters. The third-order valence-corrected chi connectivity index (χ3v) is 3.64. The summed E-state index contributed by atoms with van der Waals surface area (Å²) in [6.07, 6.45) is -0.647. The van der Waals surface area contributed by atoms with Crippen LogP contribution in [-0.4, -0.2) is 19.0 Å². The van der Waals surface area contributed by atoms with Gasteiger partial charge in [0, 0.05) is 23.7 Å². The van der Waals surface area contributed by atoms with Gasteiger partial charge >= 0.3 is 0 Å². The number of benzene rings is 2. The van der Waals surface area contributed by atoms with E-state index in [-0.39, 0.29) is 5.91 Å². The van der Waals surface area contributed by atoms with Crippen molar-refractivity contribution in [2.75, 3.05) is 18.0 Å². The molecule has 0 spiro atoms. The number of fused-ring (bicyclic) bond motifs is 1. The number of nitrogens with zero attached hydrogens (tertiary/aromatic N) is 1. The zero-order chi connectivity index (χ0) is 14.8. The molecule has 3 rings (SSSR count). The third kappa shape index (κ3) is 2.60. The number of nitrogens with two attached hydrogens (primary N) is 1. The maximum absolute atomic E-state index is 12.7. The number of amides is 1. The van der Waals surface area contributed by atoms with E-state index >= 15 is 0 Å². The third-order valence-electron chi connectivity index (χ3n) is 3.40. The average Bonchev–Trinajstić information content (AvgIpc) is 2.51. The SMILES string of the molecule is NCCN1C(=O)C(c2ccccc2)Oc2ccc(Cl)cc21. The molecule has 1 aliphatic heterocycles. The maximum atomic E-state index is 12.7. The van der Waals surface area contributed by atoms with Crippen LogP contribution in [0.4, 0.5) is 5.69 Å². The molecule has 1 heterocycles. The van der Waals surface area contributed by atoms with Gasteiger partial charge in [-0.15, -0.1) is 0 Å². The largest absolute Gasteiger partial charge is 0.474 e. The molecule has 0 saturated heterocycles. The molecular weight excluding hydrogens is 288 g/mol. The van der Waals surface area contributed by atoms with Gasteiger partial charge in [-0.1, -0.05) is 41.9 Å². The molecule has 1 atom stereocenters. The molecule has 1 amide bonds. The fourth-order valence-corrected chi connectivity index (χ4v) is 2.60. The monoisotopic (exact) mass is 302 g/mol. The number of ether oxygens (including phenoxy) is 1. The van der Waals surface area contributed by atoms with Crippen molar-refractivity contribution in [3.8, 4) is 5.75 Å². The van der Waals surface area contributed by atoms with Gasteiger partial charge in [0.15, 0.2) is 0 Å². The van der Waals surface area contributed by atoms with E-state index in [1.165, 1.54) is 0 Å². The summed E-state index contributed by atoms with van der Waals surface area (Å²) in [5, 5.41) is 0.560. The van der Waals surface area contributed by atoms with Crippen molar-refractivity contribution in [3.05, 3.63) is 59.1 Å². The number of carbonyl (C=O) groups excluding carboxylic acids is 1. The molecule has 0 radical (unpaired) electrons. The molecule has 4 nitrogen and oxygen atoms in total. The van der Waals surface area contributed by atoms with Crippen LogP contribution in [0.3, 0.4) is 0 Å². The van der Waals surface area contributed by atoms with Gasteiger partial charge in [-0.3, -0.25) is 4.79 Å². The standard InChI is InChI=1S/C16H15ClN2O2/c17-12-6-7-14-13(10-12)19(9-8-18)16(20)15(21-14)11-4-2-1-3-5-11/h1-7,10,15H,8-9,18H2. The number of halogens is 1. The zero-order valence-electron chi connectivity index (χ0n) is 11.3. The van der Waals surface area contributed by atoms with Crippen molar-refractivity contribution < 1.29 is 9.53 Å². The van der Waals surface area contributed by atoms with E-state index < -0.39 is 6.10 Å². The van der Waals surface area contributed by atoms with Crippen LogP contribution >= 0.6 is 11.6 Å². The summed E-state index contributed by atoms with van der Waals surface area (Å²) >= 11 is 6.02. The minimum Gasteiger partial charge on any atom is -0.474 e. The van der Waals surface area contributed by atoms with Crippen LogP contribution in [-0.2, 0) is 4.79 Å². The lowest BCUT2D eigenvalue weighted by Gasteiger charge is -2.34. The minimum atomic E-state index is -0.647. The number of rotatable bonds is 3. The van der Waals surface area contributed by atoms with E-state index in [1.807, 2.05) is 30.3 Å². The normalized spacial score (nSPS) is 17.3. The van der Waals surface area contributed by atoms with E-state index in [0.29, 0.717) is 29.5 Å². The van der Waals surface area contributed by atoms with Gasteiger partial charge in [-0.25, -0.2) is 0 Å². The van der Waals surface area contributed by atoms with Crippen LogP contribution in [0.25, 0.3) is 0 Å². The van der Waals surface area contributed by atoms with E-state index in [9.17, 15) is 4.79 Å². The Morgan fingerprint density at radius 1 is 1.19 bits per heavy atom. The van der Waals surface area contributed by atoms with E-state index in [1.54, 1.807) is 23.1 Å². The molecular formula is C16H15ClN2O2. The van der Waals surface area contributed by atoms with Crippen molar-refractivity contribution in [2.24, 2.45) is 5.73 Å². The van der Waals surface area contributed by atoms with Gasteiger partial charge in [0.05, 0.1) is 5.69 Å². The molecule has 0 aromatic heterocycles. The number of carbonyl (C=O) groups is 1. The van der Waals surface area contributed by atoms with E-state index in [2.05, 4.69) is 0 Å². The Labute approximate surface area is 128 Å². The fraction of sp³-hybridized carbons (Fsp3) is 0.188. The highest BCUT2D eigenvalue weighted by Gasteiger charge is 2.35. The topological polar surface area (TPSA) is 55.6 Å². The van der Waals surface area contributed by atoms with Crippen molar-refractivity contribution >= 4 is 23.2 Å². The molecule has 0 aliphatic carbocycles. The van der Waals surface area contributed by atoms with Crippen LogP contribution in [0.2, 0.25) is 5.02 Å². The summed E-state index contributed by atoms with van der Waals surface area (Å²) in [6, 6.07) is 14.7.